The highest BCUT2D eigenvalue weighted by Crippen LogP contribution is 2.06. The summed E-state index contributed by atoms with van der Waals surface area (Å²) in [7, 11) is 2.93. The van der Waals surface area contributed by atoms with Gasteiger partial charge in [-0.15, -0.1) is 5.10 Å². The van der Waals surface area contributed by atoms with E-state index in [1.807, 2.05) is 13.0 Å². The van der Waals surface area contributed by atoms with Crippen LogP contribution in [0.4, 0.5) is 5.82 Å². The van der Waals surface area contributed by atoms with Crippen LogP contribution in [0.3, 0.4) is 0 Å². The first-order chi connectivity index (χ1) is 9.00. The van der Waals surface area contributed by atoms with E-state index in [-0.39, 0.29) is 5.82 Å². The molecule has 0 unspecified atom stereocenters. The van der Waals surface area contributed by atoms with E-state index in [0.29, 0.717) is 6.54 Å². The van der Waals surface area contributed by atoms with Gasteiger partial charge in [0.25, 0.3) is 5.56 Å². The Hall–Kier alpha value is -2.44. The number of nitrogens with one attached hydrogen (secondary N) is 1. The van der Waals surface area contributed by atoms with Crippen LogP contribution in [0, 0.1) is 6.92 Å². The molecule has 19 heavy (non-hydrogen) atoms. The zero-order valence-electron chi connectivity index (χ0n) is 11.0. The summed E-state index contributed by atoms with van der Waals surface area (Å²) >= 11 is 0. The summed E-state index contributed by atoms with van der Waals surface area (Å²) in [5, 5.41) is 6.85. The third-order valence-electron chi connectivity index (χ3n) is 2.91. The van der Waals surface area contributed by atoms with Crippen molar-refractivity contribution in [3.8, 4) is 0 Å². The van der Waals surface area contributed by atoms with Crippen LogP contribution in [-0.4, -0.2) is 19.3 Å². The van der Waals surface area contributed by atoms with Gasteiger partial charge in [0.1, 0.15) is 0 Å². The van der Waals surface area contributed by atoms with Crippen molar-refractivity contribution in [3.63, 3.8) is 0 Å². The highest BCUT2D eigenvalue weighted by Gasteiger charge is 2.08. The number of aromatic nitrogens is 4. The molecule has 0 fully saturated rings. The number of aryl methyl sites for hydroxylation is 2. The fraction of sp³-hybridized carbons (Fsp3) is 0.333. The van der Waals surface area contributed by atoms with Crippen LogP contribution in [0.25, 0.3) is 0 Å². The van der Waals surface area contributed by atoms with Crippen molar-refractivity contribution in [3.05, 3.63) is 50.4 Å². The lowest BCUT2D eigenvalue weighted by atomic mass is 10.2. The number of nitrogens with zero attached hydrogens (tertiary/aromatic N) is 4. The molecule has 0 aliphatic heterocycles. The molecular weight excluding hydrogens is 246 g/mol. The predicted molar refractivity (Wildman–Crippen MR) is 71.0 cm³/mol. The zero-order chi connectivity index (χ0) is 14.0. The van der Waals surface area contributed by atoms with Gasteiger partial charge in [-0.1, -0.05) is 0 Å². The van der Waals surface area contributed by atoms with Crippen LogP contribution in [0.2, 0.25) is 0 Å². The monoisotopic (exact) mass is 261 g/mol. The second-order valence-electron chi connectivity index (χ2n) is 4.27. The number of rotatable bonds is 3. The molecule has 0 aliphatic rings. The van der Waals surface area contributed by atoms with Crippen LogP contribution in [0.5, 0.6) is 0 Å². The first-order valence-electron chi connectivity index (χ1n) is 5.78. The molecule has 0 saturated carbocycles. The van der Waals surface area contributed by atoms with E-state index in [1.165, 1.54) is 14.1 Å². The standard InChI is InChI=1S/C12H15N5O2/c1-8-4-5-13-6-9(8)7-14-10-11(18)16(2)12(19)17(3)15-10/h4-6H,7H2,1-3H3,(H,14,15). The molecule has 2 heterocycles. The number of anilines is 1. The third-order valence-corrected chi connectivity index (χ3v) is 2.91. The smallest absolute Gasteiger partial charge is 0.346 e. The van der Waals surface area contributed by atoms with E-state index >= 15 is 0 Å². The van der Waals surface area contributed by atoms with Crippen molar-refractivity contribution in [2.75, 3.05) is 5.32 Å². The van der Waals surface area contributed by atoms with E-state index in [1.54, 1.807) is 12.4 Å². The fourth-order valence-corrected chi connectivity index (χ4v) is 1.67. The molecule has 7 nitrogen and oxygen atoms in total. The summed E-state index contributed by atoms with van der Waals surface area (Å²) in [6.07, 6.45) is 3.44. The van der Waals surface area contributed by atoms with Gasteiger partial charge in [-0.3, -0.25) is 14.3 Å². The molecule has 7 heteroatoms. The predicted octanol–water partition coefficient (Wildman–Crippen LogP) is -0.205. The molecule has 2 aromatic rings. The first kappa shape index (κ1) is 13.0. The number of pyridine rings is 1. The van der Waals surface area contributed by atoms with Gasteiger partial charge in [0.05, 0.1) is 0 Å². The van der Waals surface area contributed by atoms with E-state index in [9.17, 15) is 9.59 Å². The largest absolute Gasteiger partial charge is 0.360 e. The van der Waals surface area contributed by atoms with Crippen molar-refractivity contribution in [1.82, 2.24) is 19.3 Å². The Bertz CT molecular complexity index is 717. The molecule has 0 bridgehead atoms. The van der Waals surface area contributed by atoms with Crippen LogP contribution in [0.15, 0.2) is 28.0 Å². The van der Waals surface area contributed by atoms with Gasteiger partial charge < -0.3 is 5.32 Å². The van der Waals surface area contributed by atoms with E-state index in [0.717, 1.165) is 20.4 Å². The maximum absolute atomic E-state index is 11.9. The van der Waals surface area contributed by atoms with Gasteiger partial charge in [-0.25, -0.2) is 9.48 Å². The van der Waals surface area contributed by atoms with Crippen LogP contribution < -0.4 is 16.6 Å². The molecule has 1 N–H and O–H groups in total. The molecule has 0 aromatic carbocycles. The van der Waals surface area contributed by atoms with E-state index in [4.69, 9.17) is 0 Å². The topological polar surface area (TPSA) is 81.8 Å². The van der Waals surface area contributed by atoms with E-state index < -0.39 is 11.2 Å². The Labute approximate surface area is 109 Å². The second kappa shape index (κ2) is 5.05. The molecule has 0 amide bonds. The summed E-state index contributed by atoms with van der Waals surface area (Å²) in [6.45, 7) is 2.39. The minimum absolute atomic E-state index is 0.146. The normalized spacial score (nSPS) is 10.5. The fourth-order valence-electron chi connectivity index (χ4n) is 1.67. The second-order valence-corrected chi connectivity index (χ2v) is 4.27. The lowest BCUT2D eigenvalue weighted by Crippen LogP contribution is -2.39. The molecule has 2 aromatic heterocycles. The van der Waals surface area contributed by atoms with Gasteiger partial charge in [0, 0.05) is 33.0 Å². The van der Waals surface area contributed by atoms with Gasteiger partial charge in [-0.2, -0.15) is 0 Å². The maximum atomic E-state index is 11.9. The van der Waals surface area contributed by atoms with Crippen molar-refractivity contribution >= 4 is 5.82 Å². The lowest BCUT2D eigenvalue weighted by Gasteiger charge is -2.09. The Morgan fingerprint density at radius 1 is 1.32 bits per heavy atom. The van der Waals surface area contributed by atoms with Crippen molar-refractivity contribution < 1.29 is 0 Å². The Morgan fingerprint density at radius 2 is 2.05 bits per heavy atom. The zero-order valence-corrected chi connectivity index (χ0v) is 11.0. The summed E-state index contributed by atoms with van der Waals surface area (Å²) < 4.78 is 2.14. The molecule has 0 saturated heterocycles. The molecule has 2 rings (SSSR count). The third kappa shape index (κ3) is 2.54. The molecule has 0 spiro atoms. The average molecular weight is 261 g/mol. The SMILES string of the molecule is Cc1ccncc1CNc1nn(C)c(=O)n(C)c1=O. The van der Waals surface area contributed by atoms with Gasteiger partial charge in [0.2, 0.25) is 5.82 Å². The lowest BCUT2D eigenvalue weighted by molar-refractivity contribution is 0.604. The molecule has 0 atom stereocenters. The number of hydrogen-bond donors (Lipinski definition) is 1. The molecule has 0 aliphatic carbocycles. The van der Waals surface area contributed by atoms with Gasteiger partial charge >= 0.3 is 5.69 Å². The van der Waals surface area contributed by atoms with E-state index in [2.05, 4.69) is 15.4 Å². The maximum Gasteiger partial charge on any atom is 0.346 e. The number of hydrogen-bond acceptors (Lipinski definition) is 5. The highest BCUT2D eigenvalue weighted by atomic mass is 16.2. The van der Waals surface area contributed by atoms with Gasteiger partial charge in [0.15, 0.2) is 0 Å². The van der Waals surface area contributed by atoms with Crippen molar-refractivity contribution in [1.29, 1.82) is 0 Å². The first-order valence-corrected chi connectivity index (χ1v) is 5.78. The van der Waals surface area contributed by atoms with Crippen LogP contribution in [-0.2, 0) is 20.6 Å². The summed E-state index contributed by atoms with van der Waals surface area (Å²) in [4.78, 5) is 27.4. The van der Waals surface area contributed by atoms with Crippen LogP contribution in [0.1, 0.15) is 11.1 Å². The Kier molecular flexibility index (Phi) is 3.46. The van der Waals surface area contributed by atoms with Crippen molar-refractivity contribution in [2.45, 2.75) is 13.5 Å². The van der Waals surface area contributed by atoms with Crippen LogP contribution >= 0.6 is 0 Å². The quantitative estimate of drug-likeness (QED) is 0.827. The summed E-state index contributed by atoms with van der Waals surface area (Å²) in [6, 6.07) is 1.89. The minimum Gasteiger partial charge on any atom is -0.360 e. The molecule has 100 valence electrons. The van der Waals surface area contributed by atoms with Crippen molar-refractivity contribution in [2.24, 2.45) is 14.1 Å². The Balaban J connectivity index is 2.29. The molecular formula is C12H15N5O2. The van der Waals surface area contributed by atoms with Gasteiger partial charge in [-0.05, 0) is 24.1 Å². The Morgan fingerprint density at radius 3 is 2.74 bits per heavy atom. The summed E-state index contributed by atoms with van der Waals surface area (Å²) in [5.41, 5.74) is 1.15. The molecule has 0 radical (unpaired) electrons. The average Bonchev–Trinajstić information content (AvgIpc) is 2.40. The summed E-state index contributed by atoms with van der Waals surface area (Å²) in [5.74, 6) is 0.146. The minimum atomic E-state index is -0.451. The highest BCUT2D eigenvalue weighted by molar-refractivity contribution is 5.33.